The zero-order valence-corrected chi connectivity index (χ0v) is 15.9. The van der Waals surface area contributed by atoms with Crippen molar-refractivity contribution < 1.29 is 13.5 Å². The molecule has 1 heterocycles. The summed E-state index contributed by atoms with van der Waals surface area (Å²) >= 11 is 5.55. The summed E-state index contributed by atoms with van der Waals surface area (Å²) in [5.74, 6) is -0.555. The fourth-order valence-electron chi connectivity index (χ4n) is 2.91. The first-order valence-electron chi connectivity index (χ1n) is 8.97. The molecule has 144 valence electrons. The summed E-state index contributed by atoms with van der Waals surface area (Å²) < 4.78 is 32.6. The van der Waals surface area contributed by atoms with Crippen molar-refractivity contribution in [3.05, 3.63) is 65.7 Å². The summed E-state index contributed by atoms with van der Waals surface area (Å²) in [6, 6.07) is 12.7. The molecule has 0 atom stereocenters. The highest BCUT2D eigenvalue weighted by Gasteiger charge is 2.16. The molecule has 3 rings (SSSR count). The Morgan fingerprint density at radius 1 is 1.07 bits per heavy atom. The number of anilines is 1. The lowest BCUT2D eigenvalue weighted by atomic mass is 10.2. The molecule has 1 aliphatic rings. The van der Waals surface area contributed by atoms with Crippen molar-refractivity contribution in [3.63, 3.8) is 0 Å². The van der Waals surface area contributed by atoms with Crippen molar-refractivity contribution in [1.82, 2.24) is 9.80 Å². The predicted molar refractivity (Wildman–Crippen MR) is 107 cm³/mol. The van der Waals surface area contributed by atoms with Gasteiger partial charge in [-0.25, -0.2) is 8.78 Å². The van der Waals surface area contributed by atoms with Crippen LogP contribution in [0, 0.1) is 11.6 Å². The number of benzene rings is 2. The number of hydrogen-bond acceptors (Lipinski definition) is 3. The maximum atomic E-state index is 14.1. The molecular formula is C20H23F2N3OS. The summed E-state index contributed by atoms with van der Waals surface area (Å²) in [5.41, 5.74) is 1.29. The van der Waals surface area contributed by atoms with Crippen LogP contribution in [0.25, 0.3) is 0 Å². The van der Waals surface area contributed by atoms with E-state index in [2.05, 4.69) is 10.2 Å². The Labute approximate surface area is 163 Å². The summed E-state index contributed by atoms with van der Waals surface area (Å²) in [4.78, 5) is 4.24. The van der Waals surface area contributed by atoms with Gasteiger partial charge in [-0.1, -0.05) is 18.2 Å². The van der Waals surface area contributed by atoms with E-state index in [-0.39, 0.29) is 11.6 Å². The van der Waals surface area contributed by atoms with E-state index in [9.17, 15) is 8.78 Å². The third-order valence-electron chi connectivity index (χ3n) is 4.49. The third-order valence-corrected chi connectivity index (χ3v) is 4.85. The molecule has 27 heavy (non-hydrogen) atoms. The summed E-state index contributed by atoms with van der Waals surface area (Å²) in [6.45, 7) is 5.04. The minimum absolute atomic E-state index is 0.251. The molecule has 2 aromatic rings. The first kappa shape index (κ1) is 19.7. The Balaban J connectivity index is 1.68. The first-order chi connectivity index (χ1) is 13.1. The molecule has 1 fully saturated rings. The number of morpholine rings is 1. The summed E-state index contributed by atoms with van der Waals surface area (Å²) in [7, 11) is 0. The summed E-state index contributed by atoms with van der Waals surface area (Å²) in [5, 5.41) is 3.61. The van der Waals surface area contributed by atoms with Crippen molar-refractivity contribution in [2.24, 2.45) is 0 Å². The fourth-order valence-corrected chi connectivity index (χ4v) is 3.18. The molecule has 1 aliphatic heterocycles. The van der Waals surface area contributed by atoms with Gasteiger partial charge in [0.05, 0.1) is 13.2 Å². The van der Waals surface area contributed by atoms with Gasteiger partial charge < -0.3 is 15.0 Å². The van der Waals surface area contributed by atoms with Crippen LogP contribution in [0.5, 0.6) is 0 Å². The van der Waals surface area contributed by atoms with Gasteiger partial charge in [-0.05, 0) is 42.5 Å². The van der Waals surface area contributed by atoms with Crippen molar-refractivity contribution in [3.8, 4) is 0 Å². The largest absolute Gasteiger partial charge is 0.379 e. The van der Waals surface area contributed by atoms with Crippen molar-refractivity contribution in [2.75, 3.05) is 44.7 Å². The van der Waals surface area contributed by atoms with E-state index in [0.717, 1.165) is 32.8 Å². The number of nitrogens with one attached hydrogen (secondary N) is 1. The highest BCUT2D eigenvalue weighted by molar-refractivity contribution is 7.80. The zero-order valence-electron chi connectivity index (χ0n) is 15.0. The van der Waals surface area contributed by atoms with Crippen LogP contribution in [0.3, 0.4) is 0 Å². The number of thiocarbonyl (C=S) groups is 1. The molecule has 0 radical (unpaired) electrons. The molecule has 0 aromatic heterocycles. The molecule has 4 nitrogen and oxygen atoms in total. The van der Waals surface area contributed by atoms with E-state index >= 15 is 0 Å². The van der Waals surface area contributed by atoms with E-state index in [1.165, 1.54) is 18.2 Å². The molecule has 7 heteroatoms. The van der Waals surface area contributed by atoms with E-state index in [4.69, 9.17) is 17.0 Å². The Morgan fingerprint density at radius 2 is 1.78 bits per heavy atom. The number of hydrogen-bond donors (Lipinski definition) is 1. The Morgan fingerprint density at radius 3 is 2.48 bits per heavy atom. The van der Waals surface area contributed by atoms with Gasteiger partial charge >= 0.3 is 0 Å². The van der Waals surface area contributed by atoms with Crippen LogP contribution in [-0.2, 0) is 11.3 Å². The monoisotopic (exact) mass is 391 g/mol. The molecule has 1 saturated heterocycles. The molecule has 0 bridgehead atoms. The smallest absolute Gasteiger partial charge is 0.173 e. The van der Waals surface area contributed by atoms with Gasteiger partial charge in [-0.15, -0.1) is 0 Å². The fraction of sp³-hybridized carbons (Fsp3) is 0.350. The molecule has 0 aliphatic carbocycles. The summed E-state index contributed by atoms with van der Waals surface area (Å²) in [6.07, 6.45) is 0. The number of nitrogens with zero attached hydrogens (tertiary/aromatic N) is 2. The molecular weight excluding hydrogens is 368 g/mol. The minimum Gasteiger partial charge on any atom is -0.379 e. The lowest BCUT2D eigenvalue weighted by Gasteiger charge is -2.31. The standard InChI is InChI=1S/C20H23F2N3OS/c21-17-5-7-18(8-6-17)23-20(27)25(10-9-24-11-13-26-14-12-24)15-16-3-1-2-4-19(16)22/h1-8H,9-15H2,(H,23,27). The van der Waals surface area contributed by atoms with Gasteiger partial charge in [-0.2, -0.15) is 0 Å². The molecule has 2 aromatic carbocycles. The quantitative estimate of drug-likeness (QED) is 0.761. The van der Waals surface area contributed by atoms with Gasteiger partial charge in [0.25, 0.3) is 0 Å². The number of ether oxygens (including phenoxy) is 1. The van der Waals surface area contributed by atoms with Crippen LogP contribution in [0.1, 0.15) is 5.56 Å². The van der Waals surface area contributed by atoms with Gasteiger partial charge in [-0.3, -0.25) is 4.90 Å². The Bertz CT molecular complexity index is 751. The first-order valence-corrected chi connectivity index (χ1v) is 9.37. The lowest BCUT2D eigenvalue weighted by Crippen LogP contribution is -2.44. The average molecular weight is 391 g/mol. The minimum atomic E-state index is -0.304. The second-order valence-electron chi connectivity index (χ2n) is 6.40. The number of halogens is 2. The lowest BCUT2D eigenvalue weighted by molar-refractivity contribution is 0.0358. The van der Waals surface area contributed by atoms with E-state index in [1.54, 1.807) is 24.3 Å². The maximum absolute atomic E-state index is 14.1. The van der Waals surface area contributed by atoms with Crippen LogP contribution in [0.15, 0.2) is 48.5 Å². The topological polar surface area (TPSA) is 27.7 Å². The number of rotatable bonds is 6. The Kier molecular flexibility index (Phi) is 7.09. The predicted octanol–water partition coefficient (Wildman–Crippen LogP) is 3.50. The van der Waals surface area contributed by atoms with Gasteiger partial charge in [0.15, 0.2) is 5.11 Å². The molecule has 1 N–H and O–H groups in total. The van der Waals surface area contributed by atoms with Gasteiger partial charge in [0.2, 0.25) is 0 Å². The van der Waals surface area contributed by atoms with Crippen LogP contribution in [0.2, 0.25) is 0 Å². The molecule has 0 saturated carbocycles. The van der Waals surface area contributed by atoms with Crippen molar-refractivity contribution in [2.45, 2.75) is 6.54 Å². The van der Waals surface area contributed by atoms with Crippen molar-refractivity contribution >= 4 is 23.0 Å². The second kappa shape index (κ2) is 9.73. The third kappa shape index (κ3) is 5.95. The second-order valence-corrected chi connectivity index (χ2v) is 6.79. The van der Waals surface area contributed by atoms with Gasteiger partial charge in [0.1, 0.15) is 11.6 Å². The van der Waals surface area contributed by atoms with Crippen LogP contribution >= 0.6 is 12.2 Å². The average Bonchev–Trinajstić information content (AvgIpc) is 2.69. The molecule has 0 unspecified atom stereocenters. The van der Waals surface area contributed by atoms with Crippen LogP contribution in [0.4, 0.5) is 14.5 Å². The highest BCUT2D eigenvalue weighted by Crippen LogP contribution is 2.14. The van der Waals surface area contributed by atoms with Crippen LogP contribution in [-0.4, -0.2) is 54.3 Å². The highest BCUT2D eigenvalue weighted by atomic mass is 32.1. The SMILES string of the molecule is Fc1ccc(NC(=S)N(CCN2CCOCC2)Cc2ccccc2F)cc1. The van der Waals surface area contributed by atoms with Gasteiger partial charge in [0, 0.05) is 44.0 Å². The van der Waals surface area contributed by atoms with E-state index in [0.29, 0.717) is 29.5 Å². The molecule has 0 spiro atoms. The normalized spacial score (nSPS) is 14.7. The van der Waals surface area contributed by atoms with Crippen molar-refractivity contribution in [1.29, 1.82) is 0 Å². The van der Waals surface area contributed by atoms with Crippen LogP contribution < -0.4 is 5.32 Å². The van der Waals surface area contributed by atoms with E-state index < -0.39 is 0 Å². The molecule has 0 amide bonds. The Hall–Kier alpha value is -2.09. The maximum Gasteiger partial charge on any atom is 0.173 e. The van der Waals surface area contributed by atoms with E-state index in [1.807, 2.05) is 11.0 Å². The zero-order chi connectivity index (χ0) is 19.1.